The van der Waals surface area contributed by atoms with Crippen LogP contribution in [0, 0.1) is 5.82 Å². The van der Waals surface area contributed by atoms with Crippen molar-refractivity contribution in [3.8, 4) is 0 Å². The zero-order valence-corrected chi connectivity index (χ0v) is 10.5. The quantitative estimate of drug-likeness (QED) is 0.892. The van der Waals surface area contributed by atoms with Gasteiger partial charge in [-0.2, -0.15) is 0 Å². The number of hydrogen-bond acceptors (Lipinski definition) is 1. The maximum Gasteiger partial charge on any atom is 0.144 e. The molecule has 2 N–H and O–H groups in total. The fourth-order valence-electron chi connectivity index (χ4n) is 1.28. The monoisotopic (exact) mass is 271 g/mol. The highest BCUT2D eigenvalue weighted by Gasteiger charge is 2.08. The van der Waals surface area contributed by atoms with Crippen LogP contribution in [0.3, 0.4) is 0 Å². The molecule has 0 aliphatic carbocycles. The molecule has 0 unspecified atom stereocenters. The molecule has 0 fully saturated rings. The summed E-state index contributed by atoms with van der Waals surface area (Å²) < 4.78 is 14.1. The molecule has 0 saturated heterocycles. The first-order valence-corrected chi connectivity index (χ1v) is 5.71. The van der Waals surface area contributed by atoms with Gasteiger partial charge in [-0.25, -0.2) is 4.39 Å². The molecule has 1 aromatic carbocycles. The van der Waals surface area contributed by atoms with E-state index in [0.717, 1.165) is 5.56 Å². The van der Waals surface area contributed by atoms with E-state index in [2.05, 4.69) is 29.8 Å². The highest BCUT2D eigenvalue weighted by atomic mass is 79.9. The van der Waals surface area contributed by atoms with Gasteiger partial charge in [0.2, 0.25) is 0 Å². The topological polar surface area (TPSA) is 26.0 Å². The van der Waals surface area contributed by atoms with E-state index < -0.39 is 0 Å². The molecule has 15 heavy (non-hydrogen) atoms. The van der Waals surface area contributed by atoms with Gasteiger partial charge in [-0.3, -0.25) is 0 Å². The highest BCUT2D eigenvalue weighted by Crippen LogP contribution is 2.26. The lowest BCUT2D eigenvalue weighted by Gasteiger charge is -2.09. The number of rotatable bonds is 3. The Hall–Kier alpha value is -0.670. The van der Waals surface area contributed by atoms with Crippen LogP contribution in [0.15, 0.2) is 22.7 Å². The van der Waals surface area contributed by atoms with Crippen molar-refractivity contribution in [3.63, 3.8) is 0 Å². The van der Waals surface area contributed by atoms with Gasteiger partial charge in [-0.05, 0) is 39.5 Å². The van der Waals surface area contributed by atoms with E-state index in [4.69, 9.17) is 5.73 Å². The Labute approximate surface area is 98.3 Å². The van der Waals surface area contributed by atoms with Crippen LogP contribution >= 0.6 is 15.9 Å². The van der Waals surface area contributed by atoms with Crippen molar-refractivity contribution in [2.24, 2.45) is 5.73 Å². The van der Waals surface area contributed by atoms with Crippen molar-refractivity contribution < 1.29 is 4.39 Å². The second-order valence-electron chi connectivity index (χ2n) is 3.70. The summed E-state index contributed by atoms with van der Waals surface area (Å²) in [5.74, 6) is 0.149. The summed E-state index contributed by atoms with van der Waals surface area (Å²) in [6.07, 6.45) is 3.46. The molecule has 0 aliphatic rings. The Bertz CT molecular complexity index is 372. The van der Waals surface area contributed by atoms with Gasteiger partial charge in [-0.15, -0.1) is 0 Å². The normalized spacial score (nSPS) is 11.6. The second kappa shape index (κ2) is 5.42. The van der Waals surface area contributed by atoms with Gasteiger partial charge in [-0.1, -0.05) is 26.0 Å². The van der Waals surface area contributed by atoms with E-state index in [-0.39, 0.29) is 5.82 Å². The van der Waals surface area contributed by atoms with Gasteiger partial charge in [0.1, 0.15) is 5.82 Å². The number of hydrogen-bond donors (Lipinski definition) is 1. The average molecular weight is 272 g/mol. The van der Waals surface area contributed by atoms with Gasteiger partial charge < -0.3 is 5.73 Å². The molecule has 0 saturated carbocycles. The van der Waals surface area contributed by atoms with Gasteiger partial charge >= 0.3 is 0 Å². The maximum atomic E-state index is 13.6. The zero-order valence-electron chi connectivity index (χ0n) is 8.93. The van der Waals surface area contributed by atoms with E-state index in [1.807, 2.05) is 12.1 Å². The lowest BCUT2D eigenvalue weighted by atomic mass is 10.0. The van der Waals surface area contributed by atoms with Crippen LogP contribution in [0.5, 0.6) is 0 Å². The Morgan fingerprint density at radius 3 is 2.67 bits per heavy atom. The Morgan fingerprint density at radius 1 is 1.47 bits per heavy atom. The Morgan fingerprint density at radius 2 is 2.13 bits per heavy atom. The molecule has 0 spiro atoms. The number of nitrogens with two attached hydrogens (primary N) is 1. The molecule has 0 radical (unpaired) electrons. The van der Waals surface area contributed by atoms with Gasteiger partial charge in [0.15, 0.2) is 0 Å². The van der Waals surface area contributed by atoms with E-state index in [1.165, 1.54) is 0 Å². The molecule has 0 amide bonds. The standard InChI is InChI=1S/C12H15BrFN/c1-8(2)10-6-9(4-3-5-15)12(14)11(13)7-10/h3-4,6-8H,5,15H2,1-2H3/b4-3+. The Balaban J connectivity index is 3.19. The summed E-state index contributed by atoms with van der Waals surface area (Å²) in [4.78, 5) is 0. The smallest absolute Gasteiger partial charge is 0.144 e. The van der Waals surface area contributed by atoms with Crippen LogP contribution in [-0.4, -0.2) is 6.54 Å². The van der Waals surface area contributed by atoms with Gasteiger partial charge in [0.05, 0.1) is 4.47 Å². The van der Waals surface area contributed by atoms with Crippen LogP contribution in [0.1, 0.15) is 30.9 Å². The van der Waals surface area contributed by atoms with Crippen molar-refractivity contribution in [2.75, 3.05) is 6.54 Å². The molecule has 1 rings (SSSR count). The molecule has 0 bridgehead atoms. The molecular weight excluding hydrogens is 257 g/mol. The summed E-state index contributed by atoms with van der Waals surface area (Å²) in [7, 11) is 0. The molecule has 1 nitrogen and oxygen atoms in total. The zero-order chi connectivity index (χ0) is 11.4. The predicted octanol–water partition coefficient (Wildman–Crippen LogP) is 3.68. The van der Waals surface area contributed by atoms with Crippen molar-refractivity contribution in [1.29, 1.82) is 0 Å². The first kappa shape index (κ1) is 12.4. The van der Waals surface area contributed by atoms with Crippen molar-refractivity contribution in [1.82, 2.24) is 0 Å². The minimum absolute atomic E-state index is 0.232. The average Bonchev–Trinajstić information content (AvgIpc) is 2.19. The maximum absolute atomic E-state index is 13.6. The fourth-order valence-corrected chi connectivity index (χ4v) is 1.78. The third-order valence-corrected chi connectivity index (χ3v) is 2.76. The van der Waals surface area contributed by atoms with Crippen LogP contribution in [0.2, 0.25) is 0 Å². The third kappa shape index (κ3) is 3.14. The molecule has 1 aromatic rings. The molecule has 0 aliphatic heterocycles. The molecular formula is C12H15BrFN. The lowest BCUT2D eigenvalue weighted by molar-refractivity contribution is 0.616. The summed E-state index contributed by atoms with van der Waals surface area (Å²) in [5.41, 5.74) is 7.03. The minimum Gasteiger partial charge on any atom is -0.327 e. The predicted molar refractivity (Wildman–Crippen MR) is 66.3 cm³/mol. The summed E-state index contributed by atoms with van der Waals surface area (Å²) in [6, 6.07) is 3.68. The molecule has 3 heteroatoms. The molecule has 0 atom stereocenters. The van der Waals surface area contributed by atoms with Crippen molar-refractivity contribution >= 4 is 22.0 Å². The van der Waals surface area contributed by atoms with E-state index in [1.54, 1.807) is 12.2 Å². The first-order valence-electron chi connectivity index (χ1n) is 4.91. The van der Waals surface area contributed by atoms with E-state index in [9.17, 15) is 4.39 Å². The van der Waals surface area contributed by atoms with Gasteiger partial charge in [0.25, 0.3) is 0 Å². The van der Waals surface area contributed by atoms with Crippen molar-refractivity contribution in [3.05, 3.63) is 39.6 Å². The summed E-state index contributed by atoms with van der Waals surface area (Å²) in [5, 5.41) is 0. The fraction of sp³-hybridized carbons (Fsp3) is 0.333. The SMILES string of the molecule is CC(C)c1cc(Br)c(F)c(/C=C/CN)c1. The first-order chi connectivity index (χ1) is 7.06. The molecule has 0 heterocycles. The van der Waals surface area contributed by atoms with Gasteiger partial charge in [0, 0.05) is 12.1 Å². The summed E-state index contributed by atoms with van der Waals surface area (Å²) in [6.45, 7) is 4.58. The van der Waals surface area contributed by atoms with Crippen molar-refractivity contribution in [2.45, 2.75) is 19.8 Å². The minimum atomic E-state index is -0.232. The van der Waals surface area contributed by atoms with E-state index in [0.29, 0.717) is 22.5 Å². The molecule has 82 valence electrons. The largest absolute Gasteiger partial charge is 0.327 e. The van der Waals surface area contributed by atoms with E-state index >= 15 is 0 Å². The molecule has 0 aromatic heterocycles. The van der Waals surface area contributed by atoms with Crippen LogP contribution < -0.4 is 5.73 Å². The number of halogens is 2. The highest BCUT2D eigenvalue weighted by molar-refractivity contribution is 9.10. The second-order valence-corrected chi connectivity index (χ2v) is 4.55. The summed E-state index contributed by atoms with van der Waals surface area (Å²) >= 11 is 3.22. The van der Waals surface area contributed by atoms with Crippen LogP contribution in [-0.2, 0) is 0 Å². The Kier molecular flexibility index (Phi) is 4.48. The lowest BCUT2D eigenvalue weighted by Crippen LogP contribution is -1.95. The third-order valence-electron chi connectivity index (χ3n) is 2.18. The van der Waals surface area contributed by atoms with Crippen LogP contribution in [0.4, 0.5) is 4.39 Å². The number of benzene rings is 1. The van der Waals surface area contributed by atoms with Crippen LogP contribution in [0.25, 0.3) is 6.08 Å².